The molecule has 0 heterocycles. The molecule has 0 aliphatic rings. The number of aliphatic hydroxyl groups excluding tert-OH is 1. The summed E-state index contributed by atoms with van der Waals surface area (Å²) in [5.74, 6) is -2.80. The summed E-state index contributed by atoms with van der Waals surface area (Å²) in [6.45, 7) is 1.36. The Hall–Kier alpha value is -3.61. The number of hydrogen-bond donors (Lipinski definition) is 7. The Morgan fingerprint density at radius 3 is 1.90 bits per heavy atom. The molecule has 2 rings (SSSR count). The van der Waals surface area contributed by atoms with Crippen LogP contribution in [-0.4, -0.2) is 81.3 Å². The maximum Gasteiger partial charge on any atom is 0.326 e. The largest absolute Gasteiger partial charge is 0.508 e. The molecule has 0 saturated heterocycles. The zero-order valence-corrected chi connectivity index (χ0v) is 22.7. The molecule has 0 spiro atoms. The molecule has 212 valence electrons. The zero-order valence-electron chi connectivity index (χ0n) is 21.9. The van der Waals surface area contributed by atoms with E-state index in [1.54, 1.807) is 42.5 Å². The quantitative estimate of drug-likeness (QED) is 0.159. The number of carboxylic acid groups (broad SMARTS) is 1. The van der Waals surface area contributed by atoms with Crippen LogP contribution in [0.3, 0.4) is 0 Å². The highest BCUT2D eigenvalue weighted by atomic mass is 32.2. The molecule has 0 aliphatic carbocycles. The molecule has 2 aromatic carbocycles. The molecule has 8 N–H and O–H groups in total. The van der Waals surface area contributed by atoms with Crippen LogP contribution in [0, 0.1) is 0 Å². The van der Waals surface area contributed by atoms with Crippen molar-refractivity contribution >= 4 is 35.5 Å². The number of hydrogen-bond acceptors (Lipinski definition) is 8. The van der Waals surface area contributed by atoms with Gasteiger partial charge in [0.1, 0.15) is 29.9 Å². The number of aromatic hydroxyl groups is 1. The second kappa shape index (κ2) is 15.7. The van der Waals surface area contributed by atoms with Crippen molar-refractivity contribution in [2.75, 3.05) is 12.0 Å². The fourth-order valence-corrected chi connectivity index (χ4v) is 4.13. The van der Waals surface area contributed by atoms with Crippen LogP contribution in [0.4, 0.5) is 0 Å². The van der Waals surface area contributed by atoms with Crippen LogP contribution >= 0.6 is 11.8 Å². The Kier molecular flexibility index (Phi) is 12.7. The molecule has 12 heteroatoms. The highest BCUT2D eigenvalue weighted by Crippen LogP contribution is 2.12. The number of nitrogens with one attached hydrogen (secondary N) is 3. The second-order valence-corrected chi connectivity index (χ2v) is 10.1. The second-order valence-electron chi connectivity index (χ2n) is 9.13. The van der Waals surface area contributed by atoms with Crippen molar-refractivity contribution in [3.63, 3.8) is 0 Å². The van der Waals surface area contributed by atoms with Crippen LogP contribution in [0.15, 0.2) is 54.6 Å². The number of rotatable bonds is 15. The number of amides is 3. The highest BCUT2D eigenvalue weighted by Gasteiger charge is 2.31. The Morgan fingerprint density at radius 1 is 0.821 bits per heavy atom. The minimum absolute atomic E-state index is 0.0288. The fourth-order valence-electron chi connectivity index (χ4n) is 3.66. The van der Waals surface area contributed by atoms with Gasteiger partial charge >= 0.3 is 5.97 Å². The minimum atomic E-state index is -1.28. The van der Waals surface area contributed by atoms with Crippen LogP contribution in [-0.2, 0) is 32.0 Å². The van der Waals surface area contributed by atoms with Gasteiger partial charge in [-0.1, -0.05) is 42.5 Å². The van der Waals surface area contributed by atoms with Crippen molar-refractivity contribution in [1.82, 2.24) is 16.0 Å². The first-order valence-electron chi connectivity index (χ1n) is 12.4. The Labute approximate surface area is 231 Å². The van der Waals surface area contributed by atoms with E-state index in [0.717, 1.165) is 5.56 Å². The van der Waals surface area contributed by atoms with Crippen LogP contribution in [0.25, 0.3) is 0 Å². The van der Waals surface area contributed by atoms with E-state index in [1.807, 2.05) is 6.26 Å². The molecule has 2 aromatic rings. The standard InChI is InChI=1S/C27H36N4O7S/c1-16(32)23(28)26(36)30-21(14-17-6-4-3-5-7-17)25(35)29-20(12-13-39-2)24(34)31-22(27(37)38)15-18-8-10-19(33)11-9-18/h3-11,16,20-23,32-33H,12-15,28H2,1-2H3,(H,29,35)(H,30,36)(H,31,34)(H,37,38). The summed E-state index contributed by atoms with van der Waals surface area (Å²) in [6, 6.07) is 10.1. The average molecular weight is 561 g/mol. The first-order valence-corrected chi connectivity index (χ1v) is 13.8. The number of phenols is 1. The maximum atomic E-state index is 13.3. The van der Waals surface area contributed by atoms with E-state index >= 15 is 0 Å². The van der Waals surface area contributed by atoms with Crippen LogP contribution in [0.2, 0.25) is 0 Å². The van der Waals surface area contributed by atoms with Gasteiger partial charge in [0.05, 0.1) is 6.10 Å². The normalized spacial score (nSPS) is 14.8. The van der Waals surface area contributed by atoms with Crippen molar-refractivity contribution in [2.24, 2.45) is 5.73 Å². The summed E-state index contributed by atoms with van der Waals surface area (Å²) in [5, 5.41) is 36.5. The van der Waals surface area contributed by atoms with Gasteiger partial charge in [-0.2, -0.15) is 11.8 Å². The topological polar surface area (TPSA) is 191 Å². The SMILES string of the molecule is CSCCC(NC(=O)C(Cc1ccccc1)NC(=O)C(N)C(C)O)C(=O)NC(Cc1ccc(O)cc1)C(=O)O. The maximum absolute atomic E-state index is 13.3. The molecule has 3 amide bonds. The summed E-state index contributed by atoms with van der Waals surface area (Å²) < 4.78 is 0. The number of carbonyl (C=O) groups is 4. The number of carbonyl (C=O) groups excluding carboxylic acids is 3. The third kappa shape index (κ3) is 10.6. The van der Waals surface area contributed by atoms with E-state index in [9.17, 15) is 34.5 Å². The number of nitrogens with two attached hydrogens (primary N) is 1. The number of aliphatic hydroxyl groups is 1. The first kappa shape index (κ1) is 31.6. The van der Waals surface area contributed by atoms with Crippen LogP contribution in [0.5, 0.6) is 5.75 Å². The average Bonchev–Trinajstić information content (AvgIpc) is 2.91. The number of thioether (sulfide) groups is 1. The van der Waals surface area contributed by atoms with Crippen molar-refractivity contribution in [2.45, 2.75) is 56.5 Å². The van der Waals surface area contributed by atoms with Gasteiger partial charge in [-0.15, -0.1) is 0 Å². The first-order chi connectivity index (χ1) is 18.5. The number of carboxylic acids is 1. The van der Waals surface area contributed by atoms with Crippen molar-refractivity contribution in [1.29, 1.82) is 0 Å². The number of aliphatic carboxylic acids is 1. The Balaban J connectivity index is 2.20. The van der Waals surface area contributed by atoms with E-state index in [0.29, 0.717) is 11.3 Å². The molecule has 0 fully saturated rings. The van der Waals surface area contributed by atoms with E-state index in [-0.39, 0.29) is 25.0 Å². The number of benzene rings is 2. The predicted molar refractivity (Wildman–Crippen MR) is 148 cm³/mol. The molecule has 0 aliphatic heterocycles. The van der Waals surface area contributed by atoms with Gasteiger partial charge in [-0.3, -0.25) is 14.4 Å². The van der Waals surface area contributed by atoms with Gasteiger partial charge in [-0.05, 0) is 48.6 Å². The van der Waals surface area contributed by atoms with Gasteiger partial charge < -0.3 is 37.0 Å². The zero-order chi connectivity index (χ0) is 28.9. The fraction of sp³-hybridized carbons (Fsp3) is 0.407. The van der Waals surface area contributed by atoms with Crippen LogP contribution in [0.1, 0.15) is 24.5 Å². The summed E-state index contributed by atoms with van der Waals surface area (Å²) in [6.07, 6.45) is 0.961. The monoisotopic (exact) mass is 560 g/mol. The molecular formula is C27H36N4O7S. The van der Waals surface area contributed by atoms with E-state index in [1.165, 1.54) is 30.8 Å². The molecule has 11 nitrogen and oxygen atoms in total. The van der Waals surface area contributed by atoms with E-state index in [2.05, 4.69) is 16.0 Å². The van der Waals surface area contributed by atoms with Crippen molar-refractivity contribution < 1.29 is 34.5 Å². The molecule has 39 heavy (non-hydrogen) atoms. The number of phenolic OH excluding ortho intramolecular Hbond substituents is 1. The Morgan fingerprint density at radius 2 is 1.33 bits per heavy atom. The molecule has 5 atom stereocenters. The molecule has 0 radical (unpaired) electrons. The summed E-state index contributed by atoms with van der Waals surface area (Å²) >= 11 is 1.45. The van der Waals surface area contributed by atoms with Crippen molar-refractivity contribution in [3.05, 3.63) is 65.7 Å². The molecule has 0 bridgehead atoms. The third-order valence-corrected chi connectivity index (χ3v) is 6.62. The van der Waals surface area contributed by atoms with E-state index < -0.39 is 54.0 Å². The molecule has 5 unspecified atom stereocenters. The van der Waals surface area contributed by atoms with Crippen LogP contribution < -0.4 is 21.7 Å². The minimum Gasteiger partial charge on any atom is -0.508 e. The van der Waals surface area contributed by atoms with Gasteiger partial charge in [0, 0.05) is 12.8 Å². The van der Waals surface area contributed by atoms with E-state index in [4.69, 9.17) is 5.73 Å². The lowest BCUT2D eigenvalue weighted by Crippen LogP contribution is -2.58. The summed E-state index contributed by atoms with van der Waals surface area (Å²) in [4.78, 5) is 50.9. The molecular weight excluding hydrogens is 524 g/mol. The van der Waals surface area contributed by atoms with Crippen molar-refractivity contribution in [3.8, 4) is 5.75 Å². The molecule has 0 saturated carbocycles. The van der Waals surface area contributed by atoms with Gasteiger partial charge in [0.2, 0.25) is 17.7 Å². The smallest absolute Gasteiger partial charge is 0.326 e. The third-order valence-electron chi connectivity index (χ3n) is 5.97. The highest BCUT2D eigenvalue weighted by molar-refractivity contribution is 7.98. The van der Waals surface area contributed by atoms with Gasteiger partial charge in [-0.25, -0.2) is 4.79 Å². The van der Waals surface area contributed by atoms with Gasteiger partial charge in [0.15, 0.2) is 0 Å². The predicted octanol–water partition coefficient (Wildman–Crippen LogP) is 0.178. The van der Waals surface area contributed by atoms with Gasteiger partial charge in [0.25, 0.3) is 0 Å². The molecule has 0 aromatic heterocycles. The summed E-state index contributed by atoms with van der Waals surface area (Å²) in [7, 11) is 0. The lowest BCUT2D eigenvalue weighted by Gasteiger charge is -2.25. The lowest BCUT2D eigenvalue weighted by molar-refractivity contribution is -0.142. The Bertz CT molecular complexity index is 1100. The summed E-state index contributed by atoms with van der Waals surface area (Å²) in [5.41, 5.74) is 7.07. The lowest BCUT2D eigenvalue weighted by atomic mass is 10.0.